The Morgan fingerprint density at radius 2 is 1.67 bits per heavy atom. The molecule has 0 atom stereocenters. The number of hydrogen-bond donors (Lipinski definition) is 0. The minimum atomic E-state index is -0.645. The smallest absolute Gasteiger partial charge is 0.410 e. The van der Waals surface area contributed by atoms with E-state index in [1.807, 2.05) is 25.7 Å². The molecule has 11 nitrogen and oxygen atoms in total. The summed E-state index contributed by atoms with van der Waals surface area (Å²) < 4.78 is 15.5. The van der Waals surface area contributed by atoms with Crippen molar-refractivity contribution in [2.45, 2.75) is 32.8 Å². The molecule has 11 heteroatoms. The van der Waals surface area contributed by atoms with Gasteiger partial charge in [0.2, 0.25) is 5.95 Å². The molecule has 1 saturated heterocycles. The lowest BCUT2D eigenvalue weighted by atomic mass is 10.2. The highest BCUT2D eigenvalue weighted by molar-refractivity contribution is 5.68. The Balaban J connectivity index is 2.20. The summed E-state index contributed by atoms with van der Waals surface area (Å²) in [5, 5.41) is 11.2. The second-order valence-electron chi connectivity index (χ2n) is 6.96. The van der Waals surface area contributed by atoms with Gasteiger partial charge in [-0.15, -0.1) is 0 Å². The average molecular weight is 383 g/mol. The van der Waals surface area contributed by atoms with E-state index < -0.39 is 16.2 Å². The third kappa shape index (κ3) is 5.08. The molecule has 0 saturated carbocycles. The van der Waals surface area contributed by atoms with Gasteiger partial charge in [-0.05, 0) is 27.2 Å². The number of amides is 1. The quantitative estimate of drug-likeness (QED) is 0.566. The standard InChI is InChI=1S/C16H25N5O6/c1-16(2,3)27-15(22)20-8-6-7-19(9-10-20)14-17-12(25-4)11(21(23)24)13(18-14)26-5/h6-10H2,1-5H3. The Morgan fingerprint density at radius 3 is 2.15 bits per heavy atom. The molecule has 0 unspecified atom stereocenters. The van der Waals surface area contributed by atoms with Gasteiger partial charge in [-0.1, -0.05) is 0 Å². The van der Waals surface area contributed by atoms with Crippen molar-refractivity contribution in [3.05, 3.63) is 10.1 Å². The zero-order valence-electron chi connectivity index (χ0n) is 16.2. The largest absolute Gasteiger partial charge is 0.476 e. The second kappa shape index (κ2) is 8.23. The summed E-state index contributed by atoms with van der Waals surface area (Å²) in [4.78, 5) is 34.6. The van der Waals surface area contributed by atoms with E-state index in [1.54, 1.807) is 4.90 Å². The van der Waals surface area contributed by atoms with Gasteiger partial charge in [0.1, 0.15) is 5.60 Å². The van der Waals surface area contributed by atoms with Crippen molar-refractivity contribution in [2.75, 3.05) is 45.3 Å². The van der Waals surface area contributed by atoms with Crippen LogP contribution in [0.5, 0.6) is 11.8 Å². The number of methoxy groups -OCH3 is 2. The van der Waals surface area contributed by atoms with E-state index >= 15 is 0 Å². The SMILES string of the molecule is COc1nc(N2CCCN(C(=O)OC(C)(C)C)CC2)nc(OC)c1[N+](=O)[O-]. The van der Waals surface area contributed by atoms with Crippen LogP contribution in [0.25, 0.3) is 0 Å². The van der Waals surface area contributed by atoms with Crippen LogP contribution in [0.4, 0.5) is 16.4 Å². The highest BCUT2D eigenvalue weighted by atomic mass is 16.6. The molecule has 0 aromatic carbocycles. The molecule has 1 aliphatic rings. The Kier molecular flexibility index (Phi) is 6.24. The third-order valence-corrected chi connectivity index (χ3v) is 3.81. The zero-order chi connectivity index (χ0) is 20.2. The van der Waals surface area contributed by atoms with Crippen LogP contribution >= 0.6 is 0 Å². The summed E-state index contributed by atoms with van der Waals surface area (Å²) in [6, 6.07) is 0. The Bertz CT molecular complexity index is 680. The minimum Gasteiger partial charge on any atom is -0.476 e. The van der Waals surface area contributed by atoms with Gasteiger partial charge in [-0.2, -0.15) is 9.97 Å². The summed E-state index contributed by atoms with van der Waals surface area (Å²) in [6.07, 6.45) is 0.300. The molecule has 1 aromatic rings. The van der Waals surface area contributed by atoms with E-state index in [-0.39, 0.29) is 23.8 Å². The van der Waals surface area contributed by atoms with Crippen molar-refractivity contribution in [3.63, 3.8) is 0 Å². The lowest BCUT2D eigenvalue weighted by Crippen LogP contribution is -2.39. The molecule has 1 amide bonds. The van der Waals surface area contributed by atoms with E-state index in [0.717, 1.165) is 0 Å². The van der Waals surface area contributed by atoms with Crippen LogP contribution in [-0.2, 0) is 4.74 Å². The maximum Gasteiger partial charge on any atom is 0.410 e. The highest BCUT2D eigenvalue weighted by Crippen LogP contribution is 2.35. The van der Waals surface area contributed by atoms with Gasteiger partial charge in [0, 0.05) is 26.2 Å². The second-order valence-corrected chi connectivity index (χ2v) is 6.96. The van der Waals surface area contributed by atoms with Gasteiger partial charge in [0.15, 0.2) is 0 Å². The molecular weight excluding hydrogens is 358 g/mol. The minimum absolute atomic E-state index is 0.171. The summed E-state index contributed by atoms with van der Waals surface area (Å²) >= 11 is 0. The van der Waals surface area contributed by atoms with Gasteiger partial charge in [-0.3, -0.25) is 10.1 Å². The molecule has 0 bridgehead atoms. The van der Waals surface area contributed by atoms with Crippen molar-refractivity contribution in [2.24, 2.45) is 0 Å². The van der Waals surface area contributed by atoms with Crippen LogP contribution in [0.1, 0.15) is 27.2 Å². The van der Waals surface area contributed by atoms with Crippen molar-refractivity contribution in [1.29, 1.82) is 0 Å². The highest BCUT2D eigenvalue weighted by Gasteiger charge is 2.30. The first-order valence-corrected chi connectivity index (χ1v) is 8.53. The molecular formula is C16H25N5O6. The predicted octanol–water partition coefficient (Wildman–Crippen LogP) is 1.85. The Labute approximate surface area is 157 Å². The molecule has 2 rings (SSSR count). The molecule has 0 N–H and O–H groups in total. The maximum atomic E-state index is 12.3. The Hall–Kier alpha value is -2.85. The van der Waals surface area contributed by atoms with Gasteiger partial charge in [-0.25, -0.2) is 4.79 Å². The van der Waals surface area contributed by atoms with E-state index in [1.165, 1.54) is 14.2 Å². The fraction of sp³-hybridized carbons (Fsp3) is 0.688. The number of anilines is 1. The van der Waals surface area contributed by atoms with Gasteiger partial charge < -0.3 is 24.0 Å². The van der Waals surface area contributed by atoms with E-state index in [0.29, 0.717) is 32.6 Å². The number of hydrogen-bond acceptors (Lipinski definition) is 9. The first-order chi connectivity index (χ1) is 12.7. The zero-order valence-corrected chi connectivity index (χ0v) is 16.2. The first kappa shape index (κ1) is 20.5. The molecule has 1 fully saturated rings. The normalized spacial score (nSPS) is 15.1. The fourth-order valence-corrected chi connectivity index (χ4v) is 2.61. The first-order valence-electron chi connectivity index (χ1n) is 8.53. The topological polar surface area (TPSA) is 120 Å². The molecule has 0 radical (unpaired) electrons. The summed E-state index contributed by atoms with van der Waals surface area (Å²) in [7, 11) is 2.59. The number of aromatic nitrogens is 2. The fourth-order valence-electron chi connectivity index (χ4n) is 2.61. The molecule has 1 aromatic heterocycles. The van der Waals surface area contributed by atoms with Crippen LogP contribution < -0.4 is 14.4 Å². The molecule has 27 heavy (non-hydrogen) atoms. The average Bonchev–Trinajstić information content (AvgIpc) is 2.85. The van der Waals surface area contributed by atoms with E-state index in [9.17, 15) is 14.9 Å². The Morgan fingerprint density at radius 1 is 1.07 bits per heavy atom. The van der Waals surface area contributed by atoms with E-state index in [2.05, 4.69) is 9.97 Å². The van der Waals surface area contributed by atoms with Crippen LogP contribution in [0.3, 0.4) is 0 Å². The molecule has 1 aliphatic heterocycles. The lowest BCUT2D eigenvalue weighted by molar-refractivity contribution is -0.387. The van der Waals surface area contributed by atoms with Crippen molar-refractivity contribution in [3.8, 4) is 11.8 Å². The van der Waals surface area contributed by atoms with Crippen LogP contribution in [0, 0.1) is 10.1 Å². The number of nitrogens with zero attached hydrogens (tertiary/aromatic N) is 5. The molecule has 2 heterocycles. The number of nitro groups is 1. The summed E-state index contributed by atoms with van der Waals surface area (Å²) in [5.41, 5.74) is -0.986. The lowest BCUT2D eigenvalue weighted by Gasteiger charge is -2.26. The monoisotopic (exact) mass is 383 g/mol. The van der Waals surface area contributed by atoms with Gasteiger partial charge >= 0.3 is 23.5 Å². The number of carbonyl (C=O) groups is 1. The number of carbonyl (C=O) groups excluding carboxylic acids is 1. The van der Waals surface area contributed by atoms with Crippen molar-refractivity contribution in [1.82, 2.24) is 14.9 Å². The van der Waals surface area contributed by atoms with Gasteiger partial charge in [0.25, 0.3) is 0 Å². The van der Waals surface area contributed by atoms with Crippen LogP contribution in [0.15, 0.2) is 0 Å². The van der Waals surface area contributed by atoms with Crippen molar-refractivity contribution < 1.29 is 23.9 Å². The van der Waals surface area contributed by atoms with Gasteiger partial charge in [0.05, 0.1) is 19.1 Å². The molecule has 0 spiro atoms. The summed E-state index contributed by atoms with van der Waals surface area (Å²) in [5.74, 6) is -0.0921. The van der Waals surface area contributed by atoms with E-state index in [4.69, 9.17) is 14.2 Å². The molecule has 0 aliphatic carbocycles. The number of ether oxygens (including phenoxy) is 3. The predicted molar refractivity (Wildman–Crippen MR) is 96.4 cm³/mol. The van der Waals surface area contributed by atoms with Crippen LogP contribution in [0.2, 0.25) is 0 Å². The third-order valence-electron chi connectivity index (χ3n) is 3.81. The maximum absolute atomic E-state index is 12.3. The summed E-state index contributed by atoms with van der Waals surface area (Å²) in [6.45, 7) is 7.42. The number of rotatable bonds is 4. The van der Waals surface area contributed by atoms with Crippen LogP contribution in [-0.4, -0.2) is 71.9 Å². The molecule has 150 valence electrons. The van der Waals surface area contributed by atoms with Crippen molar-refractivity contribution >= 4 is 17.7 Å².